The molecule has 2 aromatic rings. The SMILES string of the molecule is CCc1nnc2n1CC(NC(=O)CCc1c(C)nc(C)[nH]c1=O)CC2. The van der Waals surface area contributed by atoms with Crippen LogP contribution in [0, 0.1) is 13.8 Å². The standard InChI is InChI=1S/C17H24N6O2/c1-4-14-21-22-15-7-5-12(9-23(14)15)20-16(24)8-6-13-10(2)18-11(3)19-17(13)25/h12H,4-9H2,1-3H3,(H,20,24)(H,18,19,25). The number of aromatic nitrogens is 5. The molecule has 1 aliphatic rings. The van der Waals surface area contributed by atoms with Gasteiger partial charge < -0.3 is 14.9 Å². The minimum absolute atomic E-state index is 0.0426. The molecule has 8 heteroatoms. The van der Waals surface area contributed by atoms with Crippen LogP contribution in [-0.2, 0) is 30.6 Å². The Balaban J connectivity index is 1.58. The maximum Gasteiger partial charge on any atom is 0.254 e. The van der Waals surface area contributed by atoms with Crippen LogP contribution in [0.25, 0.3) is 0 Å². The lowest BCUT2D eigenvalue weighted by molar-refractivity contribution is -0.122. The van der Waals surface area contributed by atoms with E-state index in [1.54, 1.807) is 13.8 Å². The second-order valence-electron chi connectivity index (χ2n) is 6.52. The van der Waals surface area contributed by atoms with E-state index in [1.807, 2.05) is 0 Å². The molecule has 0 aromatic carbocycles. The maximum atomic E-state index is 12.3. The third-order valence-electron chi connectivity index (χ3n) is 4.65. The Hall–Kier alpha value is -2.51. The van der Waals surface area contributed by atoms with Crippen molar-refractivity contribution in [3.8, 4) is 0 Å². The highest BCUT2D eigenvalue weighted by atomic mass is 16.1. The van der Waals surface area contributed by atoms with Gasteiger partial charge in [0.1, 0.15) is 17.5 Å². The van der Waals surface area contributed by atoms with Crippen molar-refractivity contribution < 1.29 is 4.79 Å². The van der Waals surface area contributed by atoms with Gasteiger partial charge in [0, 0.05) is 43.1 Å². The van der Waals surface area contributed by atoms with Gasteiger partial charge in [-0.3, -0.25) is 9.59 Å². The molecular formula is C17H24N6O2. The molecule has 0 saturated heterocycles. The number of nitrogens with zero attached hydrogens (tertiary/aromatic N) is 4. The summed E-state index contributed by atoms with van der Waals surface area (Å²) in [5.74, 6) is 2.51. The normalized spacial score (nSPS) is 16.5. The summed E-state index contributed by atoms with van der Waals surface area (Å²) in [6.45, 7) is 6.31. The summed E-state index contributed by atoms with van der Waals surface area (Å²) in [7, 11) is 0. The number of rotatable bonds is 5. The Morgan fingerprint density at radius 2 is 2.16 bits per heavy atom. The van der Waals surface area contributed by atoms with E-state index < -0.39 is 0 Å². The Bertz CT molecular complexity index is 825. The largest absolute Gasteiger partial charge is 0.352 e. The second-order valence-corrected chi connectivity index (χ2v) is 6.52. The van der Waals surface area contributed by atoms with Gasteiger partial charge in [-0.25, -0.2) is 4.98 Å². The summed E-state index contributed by atoms with van der Waals surface area (Å²) >= 11 is 0. The summed E-state index contributed by atoms with van der Waals surface area (Å²) in [6, 6.07) is 0.0804. The average molecular weight is 344 g/mol. The number of carbonyl (C=O) groups is 1. The molecule has 3 rings (SSSR count). The van der Waals surface area contributed by atoms with Crippen LogP contribution in [0.4, 0.5) is 0 Å². The molecule has 0 radical (unpaired) electrons. The van der Waals surface area contributed by atoms with E-state index in [0.29, 0.717) is 30.0 Å². The first-order chi connectivity index (χ1) is 12.0. The third kappa shape index (κ3) is 3.78. The highest BCUT2D eigenvalue weighted by Gasteiger charge is 2.23. The van der Waals surface area contributed by atoms with Gasteiger partial charge in [0.05, 0.1) is 0 Å². The fourth-order valence-corrected chi connectivity index (χ4v) is 3.35. The molecule has 0 saturated carbocycles. The quantitative estimate of drug-likeness (QED) is 0.826. The first kappa shape index (κ1) is 17.3. The molecular weight excluding hydrogens is 320 g/mol. The fraction of sp³-hybridized carbons (Fsp3) is 0.588. The van der Waals surface area contributed by atoms with Gasteiger partial charge in [-0.05, 0) is 26.7 Å². The topological polar surface area (TPSA) is 106 Å². The number of hydrogen-bond donors (Lipinski definition) is 2. The Morgan fingerprint density at radius 1 is 1.36 bits per heavy atom. The van der Waals surface area contributed by atoms with Crippen molar-refractivity contribution in [3.05, 3.63) is 39.1 Å². The van der Waals surface area contributed by atoms with E-state index >= 15 is 0 Å². The molecule has 0 bridgehead atoms. The van der Waals surface area contributed by atoms with Gasteiger partial charge >= 0.3 is 0 Å². The van der Waals surface area contributed by atoms with E-state index in [1.165, 1.54) is 0 Å². The van der Waals surface area contributed by atoms with Gasteiger partial charge in [-0.15, -0.1) is 10.2 Å². The number of aromatic amines is 1. The number of carbonyl (C=O) groups excluding carboxylic acids is 1. The van der Waals surface area contributed by atoms with Crippen molar-refractivity contribution in [2.75, 3.05) is 0 Å². The summed E-state index contributed by atoms with van der Waals surface area (Å²) in [5.41, 5.74) is 1.12. The van der Waals surface area contributed by atoms with Gasteiger partial charge in [-0.1, -0.05) is 6.92 Å². The van der Waals surface area contributed by atoms with Crippen LogP contribution in [0.3, 0.4) is 0 Å². The summed E-state index contributed by atoms with van der Waals surface area (Å²) in [4.78, 5) is 31.2. The van der Waals surface area contributed by atoms with Gasteiger partial charge in [0.15, 0.2) is 0 Å². The minimum Gasteiger partial charge on any atom is -0.352 e. The zero-order valence-electron chi connectivity index (χ0n) is 14.9. The van der Waals surface area contributed by atoms with E-state index in [4.69, 9.17) is 0 Å². The molecule has 1 amide bonds. The molecule has 2 aromatic heterocycles. The molecule has 1 aliphatic heterocycles. The van der Waals surface area contributed by atoms with Crippen LogP contribution < -0.4 is 10.9 Å². The second kappa shape index (κ2) is 7.16. The van der Waals surface area contributed by atoms with Crippen LogP contribution in [0.1, 0.15) is 48.5 Å². The van der Waals surface area contributed by atoms with E-state index in [2.05, 4.69) is 37.0 Å². The van der Waals surface area contributed by atoms with Crippen LogP contribution in [0.15, 0.2) is 4.79 Å². The lowest BCUT2D eigenvalue weighted by Gasteiger charge is -2.25. The molecule has 0 spiro atoms. The fourth-order valence-electron chi connectivity index (χ4n) is 3.35. The average Bonchev–Trinajstić information content (AvgIpc) is 2.96. The van der Waals surface area contributed by atoms with Gasteiger partial charge in [0.25, 0.3) is 5.56 Å². The molecule has 0 aliphatic carbocycles. The van der Waals surface area contributed by atoms with Gasteiger partial charge in [0.2, 0.25) is 5.91 Å². The monoisotopic (exact) mass is 344 g/mol. The van der Waals surface area contributed by atoms with Crippen molar-refractivity contribution in [1.82, 2.24) is 30.0 Å². The Labute approximate surface area is 146 Å². The molecule has 3 heterocycles. The van der Waals surface area contributed by atoms with Crippen molar-refractivity contribution in [2.24, 2.45) is 0 Å². The molecule has 1 unspecified atom stereocenters. The van der Waals surface area contributed by atoms with Crippen LogP contribution in [0.2, 0.25) is 0 Å². The molecule has 25 heavy (non-hydrogen) atoms. The zero-order valence-corrected chi connectivity index (χ0v) is 14.9. The predicted molar refractivity (Wildman–Crippen MR) is 92.3 cm³/mol. The first-order valence-corrected chi connectivity index (χ1v) is 8.74. The first-order valence-electron chi connectivity index (χ1n) is 8.74. The van der Waals surface area contributed by atoms with E-state index in [9.17, 15) is 9.59 Å². The number of aryl methyl sites for hydroxylation is 4. The van der Waals surface area contributed by atoms with Crippen LogP contribution in [-0.4, -0.2) is 36.7 Å². The highest BCUT2D eigenvalue weighted by molar-refractivity contribution is 5.76. The van der Waals surface area contributed by atoms with Crippen LogP contribution >= 0.6 is 0 Å². The molecule has 134 valence electrons. The van der Waals surface area contributed by atoms with E-state index in [-0.39, 0.29) is 23.9 Å². The zero-order chi connectivity index (χ0) is 18.0. The number of amides is 1. The maximum absolute atomic E-state index is 12.3. The summed E-state index contributed by atoms with van der Waals surface area (Å²) in [6.07, 6.45) is 3.18. The molecule has 2 N–H and O–H groups in total. The summed E-state index contributed by atoms with van der Waals surface area (Å²) < 4.78 is 2.10. The van der Waals surface area contributed by atoms with Crippen molar-refractivity contribution in [3.63, 3.8) is 0 Å². The van der Waals surface area contributed by atoms with Crippen molar-refractivity contribution in [1.29, 1.82) is 0 Å². The van der Waals surface area contributed by atoms with Gasteiger partial charge in [-0.2, -0.15) is 0 Å². The number of H-pyrrole nitrogens is 1. The minimum atomic E-state index is -0.155. The molecule has 0 fully saturated rings. The lowest BCUT2D eigenvalue weighted by atomic mass is 10.1. The van der Waals surface area contributed by atoms with E-state index in [0.717, 1.165) is 30.9 Å². The van der Waals surface area contributed by atoms with Crippen molar-refractivity contribution >= 4 is 5.91 Å². The molecule has 1 atom stereocenters. The number of nitrogens with one attached hydrogen (secondary N) is 2. The predicted octanol–water partition coefficient (Wildman–Crippen LogP) is 0.604. The Kier molecular flexibility index (Phi) is 4.96. The summed E-state index contributed by atoms with van der Waals surface area (Å²) in [5, 5.41) is 11.5. The number of hydrogen-bond acceptors (Lipinski definition) is 5. The number of fused-ring (bicyclic) bond motifs is 1. The highest BCUT2D eigenvalue weighted by Crippen LogP contribution is 2.15. The van der Waals surface area contributed by atoms with Crippen LogP contribution in [0.5, 0.6) is 0 Å². The Morgan fingerprint density at radius 3 is 2.88 bits per heavy atom. The lowest BCUT2D eigenvalue weighted by Crippen LogP contribution is -2.41. The smallest absolute Gasteiger partial charge is 0.254 e. The molecule has 8 nitrogen and oxygen atoms in total. The third-order valence-corrected chi connectivity index (χ3v) is 4.65. The van der Waals surface area contributed by atoms with Crippen molar-refractivity contribution in [2.45, 2.75) is 65.5 Å².